The zero-order valence-electron chi connectivity index (χ0n) is 10.8. The van der Waals surface area contributed by atoms with Crippen LogP contribution in [0.3, 0.4) is 0 Å². The number of anilines is 1. The minimum absolute atomic E-state index is 0.128. The highest BCUT2D eigenvalue weighted by Gasteiger charge is 2.21. The normalized spacial score (nSPS) is 11.1. The zero-order valence-corrected chi connectivity index (χ0v) is 12.4. The summed E-state index contributed by atoms with van der Waals surface area (Å²) in [6.45, 7) is 1.64. The highest BCUT2D eigenvalue weighted by Crippen LogP contribution is 2.28. The van der Waals surface area contributed by atoms with E-state index in [4.69, 9.17) is 11.6 Å². The quantitative estimate of drug-likeness (QED) is 0.687. The second-order valence-electron chi connectivity index (χ2n) is 4.11. The van der Waals surface area contributed by atoms with E-state index >= 15 is 0 Å². The van der Waals surface area contributed by atoms with Crippen molar-refractivity contribution in [1.29, 1.82) is 0 Å². The molecule has 0 fully saturated rings. The third-order valence-electron chi connectivity index (χ3n) is 2.68. The van der Waals surface area contributed by atoms with E-state index in [0.717, 1.165) is 6.07 Å². The number of nitrogens with zero attached hydrogens (tertiary/aromatic N) is 2. The number of nitro groups is 1. The zero-order chi connectivity index (χ0) is 15.6. The van der Waals surface area contributed by atoms with Crippen molar-refractivity contribution < 1.29 is 13.3 Å². The summed E-state index contributed by atoms with van der Waals surface area (Å²) >= 11 is 5.66. The van der Waals surface area contributed by atoms with E-state index in [0.29, 0.717) is 11.4 Å². The molecular formula is C12H10ClN3O4S. The maximum absolute atomic E-state index is 12.2. The first kappa shape index (κ1) is 15.2. The Kier molecular flexibility index (Phi) is 4.10. The molecule has 2 aromatic rings. The number of pyridine rings is 1. The molecule has 0 aliphatic rings. The molecule has 0 bridgehead atoms. The SMILES string of the molecule is Cc1ncccc1NS(=O)(=O)c1ccc(Cl)c([N+](=O)[O-])c1. The maximum atomic E-state index is 12.2. The molecule has 0 aliphatic carbocycles. The van der Waals surface area contributed by atoms with Gasteiger partial charge < -0.3 is 0 Å². The average molecular weight is 328 g/mol. The van der Waals surface area contributed by atoms with Crippen LogP contribution >= 0.6 is 11.6 Å². The number of benzene rings is 1. The third-order valence-corrected chi connectivity index (χ3v) is 4.36. The molecule has 1 aromatic heterocycles. The van der Waals surface area contributed by atoms with Crippen LogP contribution in [0.25, 0.3) is 0 Å². The summed E-state index contributed by atoms with van der Waals surface area (Å²) in [4.78, 5) is 13.8. The topological polar surface area (TPSA) is 102 Å². The first-order chi connectivity index (χ1) is 9.81. The fourth-order valence-electron chi connectivity index (χ4n) is 1.60. The minimum atomic E-state index is -3.96. The molecule has 2 rings (SSSR count). The Morgan fingerprint density at radius 1 is 1.33 bits per heavy atom. The standard InChI is InChI=1S/C12H10ClN3O4S/c1-8-11(3-2-6-14-8)15-21(19,20)9-4-5-10(13)12(7-9)16(17)18/h2-7,15H,1H3. The van der Waals surface area contributed by atoms with Crippen LogP contribution in [0.4, 0.5) is 11.4 Å². The molecule has 0 aliphatic heterocycles. The largest absolute Gasteiger partial charge is 0.289 e. The first-order valence-electron chi connectivity index (χ1n) is 5.69. The number of halogens is 1. The number of hydrogen-bond acceptors (Lipinski definition) is 5. The van der Waals surface area contributed by atoms with Crippen molar-refractivity contribution in [2.24, 2.45) is 0 Å². The molecule has 0 amide bonds. The van der Waals surface area contributed by atoms with Crippen LogP contribution in [0.15, 0.2) is 41.4 Å². The molecule has 0 unspecified atom stereocenters. The van der Waals surface area contributed by atoms with E-state index in [9.17, 15) is 18.5 Å². The van der Waals surface area contributed by atoms with Crippen molar-refractivity contribution in [2.75, 3.05) is 4.72 Å². The van der Waals surface area contributed by atoms with Gasteiger partial charge in [0.25, 0.3) is 15.7 Å². The lowest BCUT2D eigenvalue weighted by atomic mass is 10.3. The third kappa shape index (κ3) is 3.29. The van der Waals surface area contributed by atoms with Gasteiger partial charge in [0.2, 0.25) is 0 Å². The number of rotatable bonds is 4. The Labute approximate surface area is 125 Å². The molecule has 0 radical (unpaired) electrons. The summed E-state index contributed by atoms with van der Waals surface area (Å²) in [7, 11) is -3.96. The van der Waals surface area contributed by atoms with E-state index in [2.05, 4.69) is 9.71 Å². The summed E-state index contributed by atoms with van der Waals surface area (Å²) in [6, 6.07) is 6.41. The minimum Gasteiger partial charge on any atom is -0.278 e. The highest BCUT2D eigenvalue weighted by atomic mass is 35.5. The number of hydrogen-bond donors (Lipinski definition) is 1. The van der Waals surface area contributed by atoms with Gasteiger partial charge in [0.15, 0.2) is 0 Å². The summed E-state index contributed by atoms with van der Waals surface area (Å²) in [6.07, 6.45) is 1.53. The number of aryl methyl sites for hydroxylation is 1. The van der Waals surface area contributed by atoms with Crippen molar-refractivity contribution in [3.8, 4) is 0 Å². The summed E-state index contributed by atoms with van der Waals surface area (Å²) < 4.78 is 26.8. The van der Waals surface area contributed by atoms with Crippen LogP contribution in [0.2, 0.25) is 5.02 Å². The van der Waals surface area contributed by atoms with E-state index in [1.54, 1.807) is 19.1 Å². The smallest absolute Gasteiger partial charge is 0.278 e. The molecule has 7 nitrogen and oxygen atoms in total. The van der Waals surface area contributed by atoms with Gasteiger partial charge >= 0.3 is 0 Å². The molecule has 21 heavy (non-hydrogen) atoms. The molecule has 110 valence electrons. The van der Waals surface area contributed by atoms with Crippen molar-refractivity contribution >= 4 is 33.0 Å². The molecular weight excluding hydrogens is 318 g/mol. The predicted octanol–water partition coefficient (Wildman–Crippen LogP) is 2.75. The second-order valence-corrected chi connectivity index (χ2v) is 6.20. The summed E-state index contributed by atoms with van der Waals surface area (Å²) in [5.41, 5.74) is 0.321. The van der Waals surface area contributed by atoms with Crippen LogP contribution in [-0.2, 0) is 10.0 Å². The van der Waals surface area contributed by atoms with Crippen LogP contribution < -0.4 is 4.72 Å². The first-order valence-corrected chi connectivity index (χ1v) is 7.56. The lowest BCUT2D eigenvalue weighted by molar-refractivity contribution is -0.384. The van der Waals surface area contributed by atoms with Gasteiger partial charge in [-0.15, -0.1) is 0 Å². The molecule has 1 aromatic carbocycles. The Bertz CT molecular complexity index is 808. The number of aromatic nitrogens is 1. The molecule has 0 saturated carbocycles. The second kappa shape index (κ2) is 5.66. The Hall–Kier alpha value is -2.19. The molecule has 0 saturated heterocycles. The number of sulfonamides is 1. The van der Waals surface area contributed by atoms with Crippen molar-refractivity contribution in [1.82, 2.24) is 4.98 Å². The summed E-state index contributed by atoms with van der Waals surface area (Å²) in [5, 5.41) is 10.7. The fraction of sp³-hybridized carbons (Fsp3) is 0.0833. The van der Waals surface area contributed by atoms with Gasteiger partial charge in [-0.2, -0.15) is 0 Å². The average Bonchev–Trinajstić information content (AvgIpc) is 2.41. The van der Waals surface area contributed by atoms with Gasteiger partial charge in [0, 0.05) is 12.3 Å². The number of nitrogens with one attached hydrogen (secondary N) is 1. The highest BCUT2D eigenvalue weighted by molar-refractivity contribution is 7.92. The molecule has 1 heterocycles. The molecule has 9 heteroatoms. The van der Waals surface area contributed by atoms with Gasteiger partial charge in [-0.3, -0.25) is 19.8 Å². The maximum Gasteiger partial charge on any atom is 0.289 e. The molecule has 0 atom stereocenters. The van der Waals surface area contributed by atoms with Crippen molar-refractivity contribution in [2.45, 2.75) is 11.8 Å². The summed E-state index contributed by atoms with van der Waals surface area (Å²) in [5.74, 6) is 0. The van der Waals surface area contributed by atoms with Gasteiger partial charge in [-0.25, -0.2) is 8.42 Å². The van der Waals surface area contributed by atoms with Gasteiger partial charge in [0.05, 0.1) is 21.2 Å². The lowest BCUT2D eigenvalue weighted by Crippen LogP contribution is -2.14. The van der Waals surface area contributed by atoms with Crippen molar-refractivity contribution in [3.63, 3.8) is 0 Å². The number of nitro benzene ring substituents is 1. The van der Waals surface area contributed by atoms with Crippen LogP contribution in [0.5, 0.6) is 0 Å². The molecule has 1 N–H and O–H groups in total. The van der Waals surface area contributed by atoms with Crippen molar-refractivity contribution in [3.05, 3.63) is 57.4 Å². The van der Waals surface area contributed by atoms with Crippen LogP contribution in [0.1, 0.15) is 5.69 Å². The van der Waals surface area contributed by atoms with E-state index in [-0.39, 0.29) is 9.92 Å². The van der Waals surface area contributed by atoms with Crippen LogP contribution in [0, 0.1) is 17.0 Å². The van der Waals surface area contributed by atoms with Gasteiger partial charge in [-0.1, -0.05) is 11.6 Å². The predicted molar refractivity (Wildman–Crippen MR) is 77.9 cm³/mol. The lowest BCUT2D eigenvalue weighted by Gasteiger charge is -2.09. The van der Waals surface area contributed by atoms with Gasteiger partial charge in [0.1, 0.15) is 5.02 Å². The molecule has 0 spiro atoms. The monoisotopic (exact) mass is 327 g/mol. The van der Waals surface area contributed by atoms with Gasteiger partial charge in [-0.05, 0) is 31.2 Å². The van der Waals surface area contributed by atoms with E-state index in [1.807, 2.05) is 0 Å². The Morgan fingerprint density at radius 3 is 2.67 bits per heavy atom. The fourth-order valence-corrected chi connectivity index (χ4v) is 2.92. The van der Waals surface area contributed by atoms with E-state index < -0.39 is 20.6 Å². The Balaban J connectivity index is 2.43. The Morgan fingerprint density at radius 2 is 2.05 bits per heavy atom. The van der Waals surface area contributed by atoms with E-state index in [1.165, 1.54) is 18.3 Å². The van der Waals surface area contributed by atoms with Crippen LogP contribution in [-0.4, -0.2) is 18.3 Å².